The molecule has 1 N–H and O–H groups in total. The van der Waals surface area contributed by atoms with Crippen molar-refractivity contribution in [2.45, 2.75) is 19.3 Å². The fraction of sp³-hybridized carbons (Fsp3) is 0.444. The molecule has 1 aromatic heterocycles. The molecule has 1 aromatic carbocycles. The van der Waals surface area contributed by atoms with Crippen LogP contribution < -0.4 is 5.32 Å². The number of halogens is 1. The van der Waals surface area contributed by atoms with Gasteiger partial charge in [-0.25, -0.2) is 4.79 Å². The number of piperidine rings is 1. The zero-order valence-corrected chi connectivity index (χ0v) is 16.9. The van der Waals surface area contributed by atoms with Crippen LogP contribution in [0.15, 0.2) is 24.3 Å². The largest absolute Gasteiger partial charge is 0.331 e. The number of carbonyl (C=O) groups excluding carboxylic acids is 2. The number of benzene rings is 1. The minimum Gasteiger partial charge on any atom is -0.331 e. The second kappa shape index (κ2) is 8.67. The maximum Gasteiger partial charge on any atom is 0.319 e. The molecular formula is C18H22ClN5O2S. The summed E-state index contributed by atoms with van der Waals surface area (Å²) >= 11 is 7.26. The number of aromatic nitrogens is 2. The van der Waals surface area contributed by atoms with Gasteiger partial charge in [0.15, 0.2) is 0 Å². The lowest BCUT2D eigenvalue weighted by Crippen LogP contribution is -2.47. The summed E-state index contributed by atoms with van der Waals surface area (Å²) in [4.78, 5) is 27.9. The molecule has 0 bridgehead atoms. The van der Waals surface area contributed by atoms with Gasteiger partial charge in [0.25, 0.3) is 0 Å². The maximum atomic E-state index is 12.6. The molecule has 0 radical (unpaired) electrons. The fourth-order valence-electron chi connectivity index (χ4n) is 3.01. The van der Waals surface area contributed by atoms with Gasteiger partial charge in [0.1, 0.15) is 5.01 Å². The van der Waals surface area contributed by atoms with E-state index in [4.69, 9.17) is 11.6 Å². The lowest BCUT2D eigenvalue weighted by molar-refractivity contribution is -0.121. The first kappa shape index (κ1) is 19.6. The molecule has 0 aliphatic carbocycles. The average Bonchev–Trinajstić information content (AvgIpc) is 3.09. The van der Waals surface area contributed by atoms with E-state index in [1.54, 1.807) is 19.0 Å². The Bertz CT molecular complexity index is 808. The van der Waals surface area contributed by atoms with Gasteiger partial charge < -0.3 is 15.1 Å². The average molecular weight is 408 g/mol. The Kier molecular flexibility index (Phi) is 6.28. The quantitative estimate of drug-likeness (QED) is 0.844. The van der Waals surface area contributed by atoms with E-state index in [1.807, 2.05) is 24.3 Å². The van der Waals surface area contributed by atoms with Crippen molar-refractivity contribution in [3.05, 3.63) is 39.9 Å². The smallest absolute Gasteiger partial charge is 0.319 e. The van der Waals surface area contributed by atoms with Crippen LogP contribution >= 0.6 is 22.9 Å². The van der Waals surface area contributed by atoms with Crippen molar-refractivity contribution in [3.8, 4) is 0 Å². The van der Waals surface area contributed by atoms with Gasteiger partial charge in [0.05, 0.1) is 5.92 Å². The van der Waals surface area contributed by atoms with Crippen LogP contribution in [0.4, 0.5) is 9.93 Å². The molecule has 27 heavy (non-hydrogen) atoms. The molecular weight excluding hydrogens is 386 g/mol. The van der Waals surface area contributed by atoms with E-state index in [2.05, 4.69) is 15.5 Å². The molecule has 1 aliphatic rings. The highest BCUT2D eigenvalue weighted by Crippen LogP contribution is 2.23. The molecule has 0 saturated carbocycles. The number of hydrogen-bond donors (Lipinski definition) is 1. The van der Waals surface area contributed by atoms with Crippen molar-refractivity contribution >= 4 is 40.0 Å². The van der Waals surface area contributed by atoms with Gasteiger partial charge in [0, 0.05) is 38.6 Å². The maximum absolute atomic E-state index is 12.6. The normalized spacial score (nSPS) is 16.9. The highest BCUT2D eigenvalue weighted by molar-refractivity contribution is 7.15. The Labute approximate surface area is 167 Å². The number of likely N-dealkylation sites (tertiary alicyclic amines) is 1. The fourth-order valence-corrected chi connectivity index (χ4v) is 3.91. The molecule has 0 unspecified atom stereocenters. The lowest BCUT2D eigenvalue weighted by Gasteiger charge is -2.33. The standard InChI is InChI=1S/C18H22ClN5O2S/c1-23(2)18(26)24-9-3-4-13(11-24)16(25)20-17-22-21-15(27-17)10-12-5-7-14(19)8-6-12/h5-8,13H,3-4,9-11H2,1-2H3,(H,20,22,25)/t13-/m0/s1. The number of amides is 3. The van der Waals surface area contributed by atoms with Gasteiger partial charge in [-0.1, -0.05) is 35.1 Å². The molecule has 7 nitrogen and oxygen atoms in total. The second-order valence-electron chi connectivity index (χ2n) is 6.76. The SMILES string of the molecule is CN(C)C(=O)N1CCC[C@H](C(=O)Nc2nnc(Cc3ccc(Cl)cc3)s2)C1. The van der Waals surface area contributed by atoms with Gasteiger partial charge in [-0.3, -0.25) is 4.79 Å². The van der Waals surface area contributed by atoms with E-state index in [0.717, 1.165) is 23.4 Å². The Morgan fingerprint density at radius 3 is 2.74 bits per heavy atom. The summed E-state index contributed by atoms with van der Waals surface area (Å²) in [6.07, 6.45) is 2.22. The van der Waals surface area contributed by atoms with Crippen molar-refractivity contribution in [1.82, 2.24) is 20.0 Å². The summed E-state index contributed by atoms with van der Waals surface area (Å²) in [6.45, 7) is 1.12. The Balaban J connectivity index is 1.57. The van der Waals surface area contributed by atoms with Crippen molar-refractivity contribution in [3.63, 3.8) is 0 Å². The first-order chi connectivity index (χ1) is 12.9. The van der Waals surface area contributed by atoms with E-state index in [0.29, 0.717) is 29.7 Å². The Hall–Kier alpha value is -2.19. The summed E-state index contributed by atoms with van der Waals surface area (Å²) < 4.78 is 0. The summed E-state index contributed by atoms with van der Waals surface area (Å²) in [5, 5.41) is 13.1. The van der Waals surface area contributed by atoms with Crippen molar-refractivity contribution in [2.24, 2.45) is 5.92 Å². The van der Waals surface area contributed by atoms with Crippen LogP contribution in [0, 0.1) is 5.92 Å². The topological polar surface area (TPSA) is 78.4 Å². The van der Waals surface area contributed by atoms with Crippen molar-refractivity contribution < 1.29 is 9.59 Å². The Morgan fingerprint density at radius 1 is 1.30 bits per heavy atom. The van der Waals surface area contributed by atoms with Crippen molar-refractivity contribution in [1.29, 1.82) is 0 Å². The van der Waals surface area contributed by atoms with Gasteiger partial charge in [-0.15, -0.1) is 10.2 Å². The van der Waals surface area contributed by atoms with Gasteiger partial charge >= 0.3 is 6.03 Å². The molecule has 144 valence electrons. The first-order valence-electron chi connectivity index (χ1n) is 8.76. The number of hydrogen-bond acceptors (Lipinski definition) is 5. The molecule has 3 rings (SSSR count). The minimum absolute atomic E-state index is 0.0614. The van der Waals surface area contributed by atoms with Crippen LogP contribution in [0.25, 0.3) is 0 Å². The van der Waals surface area contributed by atoms with Crippen LogP contribution in [0.3, 0.4) is 0 Å². The zero-order valence-electron chi connectivity index (χ0n) is 15.3. The Morgan fingerprint density at radius 2 is 2.04 bits per heavy atom. The van der Waals surface area contributed by atoms with Crippen LogP contribution in [-0.4, -0.2) is 59.1 Å². The van der Waals surface area contributed by atoms with Gasteiger partial charge in [-0.05, 0) is 30.5 Å². The number of carbonyl (C=O) groups is 2. The van der Waals surface area contributed by atoms with E-state index in [-0.39, 0.29) is 17.9 Å². The van der Waals surface area contributed by atoms with Gasteiger partial charge in [0.2, 0.25) is 11.0 Å². The van der Waals surface area contributed by atoms with E-state index < -0.39 is 0 Å². The number of urea groups is 1. The molecule has 3 amide bonds. The number of nitrogens with one attached hydrogen (secondary N) is 1. The third-order valence-corrected chi connectivity index (χ3v) is 5.50. The van der Waals surface area contributed by atoms with Crippen LogP contribution in [0.2, 0.25) is 5.02 Å². The highest BCUT2D eigenvalue weighted by Gasteiger charge is 2.29. The second-order valence-corrected chi connectivity index (χ2v) is 8.25. The van der Waals surface area contributed by atoms with Gasteiger partial charge in [-0.2, -0.15) is 0 Å². The highest BCUT2D eigenvalue weighted by atomic mass is 35.5. The molecule has 1 fully saturated rings. The molecule has 1 saturated heterocycles. The molecule has 1 atom stereocenters. The molecule has 1 aliphatic heterocycles. The lowest BCUT2D eigenvalue weighted by atomic mass is 9.97. The summed E-state index contributed by atoms with van der Waals surface area (Å²) in [7, 11) is 3.44. The first-order valence-corrected chi connectivity index (χ1v) is 9.95. The summed E-state index contributed by atoms with van der Waals surface area (Å²) in [5.41, 5.74) is 1.08. The third-order valence-electron chi connectivity index (χ3n) is 4.41. The van der Waals surface area contributed by atoms with E-state index in [9.17, 15) is 9.59 Å². The van der Waals surface area contributed by atoms with Crippen LogP contribution in [0.5, 0.6) is 0 Å². The number of nitrogens with zero attached hydrogens (tertiary/aromatic N) is 4. The zero-order chi connectivity index (χ0) is 19.4. The number of rotatable bonds is 4. The molecule has 9 heteroatoms. The predicted octanol–water partition coefficient (Wildman–Crippen LogP) is 3.11. The van der Waals surface area contributed by atoms with E-state index >= 15 is 0 Å². The third kappa shape index (κ3) is 5.17. The molecule has 2 aromatic rings. The predicted molar refractivity (Wildman–Crippen MR) is 106 cm³/mol. The summed E-state index contributed by atoms with van der Waals surface area (Å²) in [5.74, 6) is -0.341. The van der Waals surface area contributed by atoms with E-state index in [1.165, 1.54) is 16.2 Å². The number of anilines is 1. The van der Waals surface area contributed by atoms with Crippen molar-refractivity contribution in [2.75, 3.05) is 32.5 Å². The van der Waals surface area contributed by atoms with Crippen LogP contribution in [0.1, 0.15) is 23.4 Å². The monoisotopic (exact) mass is 407 g/mol. The molecule has 2 heterocycles. The molecule has 0 spiro atoms. The van der Waals surface area contributed by atoms with Crippen LogP contribution in [-0.2, 0) is 11.2 Å². The minimum atomic E-state index is -0.230. The summed E-state index contributed by atoms with van der Waals surface area (Å²) in [6, 6.07) is 7.50.